The third-order valence-electron chi connectivity index (χ3n) is 4.06. The van der Waals surface area contributed by atoms with Gasteiger partial charge >= 0.3 is 0 Å². The average Bonchev–Trinajstić information content (AvgIpc) is 3.22. The largest absolute Gasteiger partial charge is 0.349 e. The van der Waals surface area contributed by atoms with E-state index in [9.17, 15) is 9.59 Å². The number of nitrogens with zero attached hydrogens (tertiary/aromatic N) is 2. The number of fused-ring (bicyclic) bond motifs is 1. The summed E-state index contributed by atoms with van der Waals surface area (Å²) in [4.78, 5) is 32.5. The van der Waals surface area contributed by atoms with Gasteiger partial charge in [0.1, 0.15) is 4.83 Å². The molecule has 0 saturated carbocycles. The van der Waals surface area contributed by atoms with Gasteiger partial charge in [-0.1, -0.05) is 24.3 Å². The Hall–Kier alpha value is -2.45. The van der Waals surface area contributed by atoms with Crippen molar-refractivity contribution in [2.24, 2.45) is 0 Å². The Morgan fingerprint density at radius 3 is 2.37 bits per heavy atom. The molecule has 0 saturated heterocycles. The molecule has 1 aromatic carbocycles. The molecule has 27 heavy (non-hydrogen) atoms. The Bertz CT molecular complexity index is 928. The van der Waals surface area contributed by atoms with Crippen LogP contribution in [-0.4, -0.2) is 29.9 Å². The number of anilines is 3. The van der Waals surface area contributed by atoms with Gasteiger partial charge in [0.25, 0.3) is 5.91 Å². The molecule has 0 spiro atoms. The van der Waals surface area contributed by atoms with Crippen LogP contribution in [0, 0.1) is 0 Å². The van der Waals surface area contributed by atoms with Crippen molar-refractivity contribution in [1.29, 1.82) is 0 Å². The number of carbonyl (C=O) groups excluding carboxylic acids is 2. The smallest absolute Gasteiger partial charge is 0.265 e. The molecule has 0 aliphatic rings. The number of aromatic nitrogens is 1. The van der Waals surface area contributed by atoms with E-state index < -0.39 is 0 Å². The molecule has 3 aromatic rings. The Morgan fingerprint density at radius 1 is 1.04 bits per heavy atom. The lowest BCUT2D eigenvalue weighted by atomic mass is 10.2. The Morgan fingerprint density at radius 2 is 1.74 bits per heavy atom. The second kappa shape index (κ2) is 8.49. The fourth-order valence-corrected chi connectivity index (χ4v) is 4.82. The van der Waals surface area contributed by atoms with E-state index in [4.69, 9.17) is 0 Å². The summed E-state index contributed by atoms with van der Waals surface area (Å²) in [5.41, 5.74) is 1.31. The molecule has 0 unspecified atom stereocenters. The number of thiazole rings is 1. The van der Waals surface area contributed by atoms with Crippen molar-refractivity contribution < 1.29 is 9.59 Å². The molecule has 2 amide bonds. The maximum atomic E-state index is 12.6. The quantitative estimate of drug-likeness (QED) is 0.595. The molecule has 0 aliphatic carbocycles. The number of hydrogen-bond acceptors (Lipinski definition) is 6. The van der Waals surface area contributed by atoms with Gasteiger partial charge < -0.3 is 15.5 Å². The monoisotopic (exact) mass is 402 g/mol. The van der Waals surface area contributed by atoms with E-state index >= 15 is 0 Å². The summed E-state index contributed by atoms with van der Waals surface area (Å²) in [5.74, 6) is -0.236. The van der Waals surface area contributed by atoms with Gasteiger partial charge in [-0.3, -0.25) is 9.59 Å². The molecule has 0 aliphatic heterocycles. The first-order valence-corrected chi connectivity index (χ1v) is 10.5. The molecule has 2 aromatic heterocycles. The number of hydrogen-bond donors (Lipinski definition) is 2. The average molecular weight is 403 g/mol. The van der Waals surface area contributed by atoms with Crippen LogP contribution in [0.2, 0.25) is 0 Å². The van der Waals surface area contributed by atoms with Crippen LogP contribution < -0.4 is 15.5 Å². The molecular formula is C19H22N4O2S2. The molecule has 3 rings (SSSR count). The van der Waals surface area contributed by atoms with Crippen molar-refractivity contribution in [1.82, 2.24) is 4.98 Å². The number of nitrogens with one attached hydrogen (secondary N) is 2. The lowest BCUT2D eigenvalue weighted by molar-refractivity contribution is -0.115. The molecule has 2 N–H and O–H groups in total. The van der Waals surface area contributed by atoms with Gasteiger partial charge in [-0.2, -0.15) is 0 Å². The number of benzene rings is 1. The summed E-state index contributed by atoms with van der Waals surface area (Å²) in [6.45, 7) is 7.83. The lowest BCUT2D eigenvalue weighted by Gasteiger charge is -2.16. The normalized spacial score (nSPS) is 10.8. The number of thiophene rings is 1. The van der Waals surface area contributed by atoms with Gasteiger partial charge in [-0.15, -0.1) is 11.3 Å². The van der Waals surface area contributed by atoms with Crippen molar-refractivity contribution >= 4 is 60.5 Å². The zero-order chi connectivity index (χ0) is 19.4. The van der Waals surface area contributed by atoms with Crippen LogP contribution in [-0.2, 0) is 4.79 Å². The van der Waals surface area contributed by atoms with Gasteiger partial charge in [-0.25, -0.2) is 4.98 Å². The van der Waals surface area contributed by atoms with E-state index in [2.05, 4.69) is 34.4 Å². The number of rotatable bonds is 7. The summed E-state index contributed by atoms with van der Waals surface area (Å²) in [5, 5.41) is 6.67. The molecule has 142 valence electrons. The third kappa shape index (κ3) is 4.45. The summed E-state index contributed by atoms with van der Waals surface area (Å²) in [6, 6.07) is 9.03. The van der Waals surface area contributed by atoms with Crippen LogP contribution in [0.3, 0.4) is 0 Å². The maximum absolute atomic E-state index is 12.6. The lowest BCUT2D eigenvalue weighted by Crippen LogP contribution is -2.21. The molecular weight excluding hydrogens is 380 g/mol. The molecule has 2 heterocycles. The zero-order valence-electron chi connectivity index (χ0n) is 15.5. The van der Waals surface area contributed by atoms with E-state index in [1.54, 1.807) is 42.5 Å². The van der Waals surface area contributed by atoms with Gasteiger partial charge in [0, 0.05) is 30.9 Å². The predicted octanol–water partition coefficient (Wildman–Crippen LogP) is 4.80. The first-order valence-electron chi connectivity index (χ1n) is 8.90. The van der Waals surface area contributed by atoms with Crippen molar-refractivity contribution in [2.75, 3.05) is 28.6 Å². The third-order valence-corrected chi connectivity index (χ3v) is 6.28. The van der Waals surface area contributed by atoms with E-state index in [1.807, 2.05) is 6.07 Å². The SMILES string of the molecule is CCC(=O)Nc1cccc(NC(=O)c2cc3sc(N(CC)CC)nc3s2)c1. The van der Waals surface area contributed by atoms with E-state index in [1.165, 1.54) is 11.3 Å². The Kier molecular flexibility index (Phi) is 6.08. The highest BCUT2D eigenvalue weighted by Crippen LogP contribution is 2.34. The molecule has 6 nitrogen and oxygen atoms in total. The minimum atomic E-state index is -0.173. The molecule has 0 bridgehead atoms. The van der Waals surface area contributed by atoms with Gasteiger partial charge in [-0.05, 0) is 38.1 Å². The fourth-order valence-electron chi connectivity index (χ4n) is 2.58. The topological polar surface area (TPSA) is 74.3 Å². The van der Waals surface area contributed by atoms with E-state index in [-0.39, 0.29) is 11.8 Å². The predicted molar refractivity (Wildman–Crippen MR) is 114 cm³/mol. The van der Waals surface area contributed by atoms with Crippen LogP contribution in [0.15, 0.2) is 30.3 Å². The first-order chi connectivity index (χ1) is 13.0. The molecule has 0 atom stereocenters. The zero-order valence-corrected chi connectivity index (χ0v) is 17.2. The minimum absolute atomic E-state index is 0.0629. The Labute approximate surface area is 166 Å². The van der Waals surface area contributed by atoms with Crippen LogP contribution in [0.4, 0.5) is 16.5 Å². The summed E-state index contributed by atoms with van der Waals surface area (Å²) < 4.78 is 1.02. The van der Waals surface area contributed by atoms with Crippen molar-refractivity contribution in [3.63, 3.8) is 0 Å². The maximum Gasteiger partial charge on any atom is 0.265 e. The fraction of sp³-hybridized carbons (Fsp3) is 0.316. The Balaban J connectivity index is 1.73. The molecule has 0 radical (unpaired) electrons. The van der Waals surface area contributed by atoms with Crippen molar-refractivity contribution in [2.45, 2.75) is 27.2 Å². The number of amides is 2. The first kappa shape index (κ1) is 19.3. The standard InChI is InChI=1S/C19H22N4O2S2/c1-4-16(24)20-12-8-7-9-13(10-12)21-17(25)14-11-15-18(26-14)22-19(27-15)23(5-2)6-3/h7-11H,4-6H2,1-3H3,(H,20,24)(H,21,25). The van der Waals surface area contributed by atoms with Crippen LogP contribution >= 0.6 is 22.7 Å². The molecule has 0 fully saturated rings. The van der Waals surface area contributed by atoms with Gasteiger partial charge in [0.2, 0.25) is 5.91 Å². The highest BCUT2D eigenvalue weighted by molar-refractivity contribution is 7.29. The summed E-state index contributed by atoms with van der Waals surface area (Å²) >= 11 is 3.00. The minimum Gasteiger partial charge on any atom is -0.349 e. The van der Waals surface area contributed by atoms with Gasteiger partial charge in [0.15, 0.2) is 5.13 Å². The van der Waals surface area contributed by atoms with E-state index in [0.717, 1.165) is 27.8 Å². The van der Waals surface area contributed by atoms with Crippen LogP contribution in [0.25, 0.3) is 9.53 Å². The van der Waals surface area contributed by atoms with Crippen molar-refractivity contribution in [3.8, 4) is 0 Å². The second-order valence-electron chi connectivity index (χ2n) is 5.89. The number of carbonyl (C=O) groups is 2. The second-order valence-corrected chi connectivity index (χ2v) is 7.93. The van der Waals surface area contributed by atoms with Crippen LogP contribution in [0.5, 0.6) is 0 Å². The molecule has 8 heteroatoms. The summed E-state index contributed by atoms with van der Waals surface area (Å²) in [7, 11) is 0. The summed E-state index contributed by atoms with van der Waals surface area (Å²) in [6.07, 6.45) is 0.408. The van der Waals surface area contributed by atoms with Crippen molar-refractivity contribution in [3.05, 3.63) is 35.2 Å². The van der Waals surface area contributed by atoms with Gasteiger partial charge in [0.05, 0.1) is 9.58 Å². The van der Waals surface area contributed by atoms with E-state index in [0.29, 0.717) is 22.7 Å². The van der Waals surface area contributed by atoms with Crippen LogP contribution in [0.1, 0.15) is 36.9 Å². The highest BCUT2D eigenvalue weighted by atomic mass is 32.1. The highest BCUT2D eigenvalue weighted by Gasteiger charge is 2.16.